The standard InChI is InChI=1S/C18H20N2O4/c1-11-5-4-6-14(9-11)24-12(2)10-19-17(21)16-8-7-15(18(22)23)13(3)20-16/h4-9,12H,10H2,1-3H3,(H,19,21)(H,22,23). The number of rotatable bonds is 6. The highest BCUT2D eigenvalue weighted by Crippen LogP contribution is 2.14. The van der Waals surface area contributed by atoms with Crippen molar-refractivity contribution < 1.29 is 19.4 Å². The molecule has 0 saturated carbocycles. The largest absolute Gasteiger partial charge is 0.489 e. The van der Waals surface area contributed by atoms with Crippen LogP contribution in [0.4, 0.5) is 0 Å². The number of ether oxygens (including phenoxy) is 1. The van der Waals surface area contributed by atoms with Crippen LogP contribution in [0.15, 0.2) is 36.4 Å². The summed E-state index contributed by atoms with van der Waals surface area (Å²) in [5.74, 6) is -0.682. The third-order valence-corrected chi connectivity index (χ3v) is 3.43. The minimum absolute atomic E-state index is 0.0858. The van der Waals surface area contributed by atoms with E-state index in [1.807, 2.05) is 38.1 Å². The Hall–Kier alpha value is -2.89. The van der Waals surface area contributed by atoms with Gasteiger partial charge in [-0.3, -0.25) is 4.79 Å². The molecule has 1 heterocycles. The number of aromatic nitrogens is 1. The van der Waals surface area contributed by atoms with Crippen molar-refractivity contribution in [1.29, 1.82) is 0 Å². The van der Waals surface area contributed by atoms with Gasteiger partial charge in [0.2, 0.25) is 0 Å². The molecule has 1 aromatic heterocycles. The van der Waals surface area contributed by atoms with Crippen LogP contribution < -0.4 is 10.1 Å². The van der Waals surface area contributed by atoms with Gasteiger partial charge in [-0.15, -0.1) is 0 Å². The van der Waals surface area contributed by atoms with E-state index in [9.17, 15) is 9.59 Å². The number of hydrogen-bond acceptors (Lipinski definition) is 4. The third kappa shape index (κ3) is 4.55. The number of carbonyl (C=O) groups excluding carboxylic acids is 1. The lowest BCUT2D eigenvalue weighted by Crippen LogP contribution is -2.34. The van der Waals surface area contributed by atoms with Crippen LogP contribution in [0.2, 0.25) is 0 Å². The van der Waals surface area contributed by atoms with Crippen LogP contribution in [-0.2, 0) is 0 Å². The van der Waals surface area contributed by atoms with Gasteiger partial charge in [-0.2, -0.15) is 0 Å². The normalized spacial score (nSPS) is 11.6. The lowest BCUT2D eigenvalue weighted by molar-refractivity contribution is 0.0694. The summed E-state index contributed by atoms with van der Waals surface area (Å²) in [6, 6.07) is 10.5. The Labute approximate surface area is 140 Å². The second kappa shape index (κ2) is 7.59. The molecule has 0 spiro atoms. The Kier molecular flexibility index (Phi) is 5.52. The van der Waals surface area contributed by atoms with Crippen molar-refractivity contribution in [2.45, 2.75) is 26.9 Å². The second-order valence-corrected chi connectivity index (χ2v) is 5.59. The van der Waals surface area contributed by atoms with Gasteiger partial charge < -0.3 is 15.2 Å². The van der Waals surface area contributed by atoms with Crippen molar-refractivity contribution in [1.82, 2.24) is 10.3 Å². The average molecular weight is 328 g/mol. The van der Waals surface area contributed by atoms with Gasteiger partial charge >= 0.3 is 5.97 Å². The van der Waals surface area contributed by atoms with Crippen LogP contribution in [0.3, 0.4) is 0 Å². The maximum Gasteiger partial charge on any atom is 0.337 e. The van der Waals surface area contributed by atoms with Crippen LogP contribution in [-0.4, -0.2) is 34.6 Å². The number of carboxylic acids is 1. The molecular weight excluding hydrogens is 308 g/mol. The minimum atomic E-state index is -1.06. The maximum atomic E-state index is 12.1. The smallest absolute Gasteiger partial charge is 0.337 e. The summed E-state index contributed by atoms with van der Waals surface area (Å²) in [4.78, 5) is 27.1. The predicted molar refractivity (Wildman–Crippen MR) is 89.5 cm³/mol. The number of nitrogens with one attached hydrogen (secondary N) is 1. The number of amides is 1. The molecule has 2 rings (SSSR count). The van der Waals surface area contributed by atoms with Gasteiger partial charge in [-0.25, -0.2) is 9.78 Å². The van der Waals surface area contributed by atoms with E-state index < -0.39 is 5.97 Å². The Morgan fingerprint density at radius 3 is 2.62 bits per heavy atom. The summed E-state index contributed by atoms with van der Waals surface area (Å²) in [7, 11) is 0. The van der Waals surface area contributed by atoms with E-state index in [0.717, 1.165) is 11.3 Å². The monoisotopic (exact) mass is 328 g/mol. The first-order valence-electron chi connectivity index (χ1n) is 7.59. The van der Waals surface area contributed by atoms with Gasteiger partial charge in [0, 0.05) is 0 Å². The van der Waals surface area contributed by atoms with Gasteiger partial charge in [0.1, 0.15) is 17.5 Å². The molecule has 2 aromatic rings. The number of carbonyl (C=O) groups is 2. The Bertz CT molecular complexity index is 758. The van der Waals surface area contributed by atoms with Crippen molar-refractivity contribution in [2.24, 2.45) is 0 Å². The van der Waals surface area contributed by atoms with E-state index in [-0.39, 0.29) is 23.3 Å². The molecule has 6 heteroatoms. The zero-order valence-electron chi connectivity index (χ0n) is 13.9. The van der Waals surface area contributed by atoms with E-state index in [2.05, 4.69) is 10.3 Å². The number of pyridine rings is 1. The summed E-state index contributed by atoms with van der Waals surface area (Å²) in [5.41, 5.74) is 1.67. The number of carboxylic acid groups (broad SMARTS) is 1. The molecule has 1 atom stereocenters. The van der Waals surface area contributed by atoms with Gasteiger partial charge in [-0.1, -0.05) is 12.1 Å². The van der Waals surface area contributed by atoms with Crippen LogP contribution in [0.5, 0.6) is 5.75 Å². The maximum absolute atomic E-state index is 12.1. The zero-order valence-corrected chi connectivity index (χ0v) is 13.9. The zero-order chi connectivity index (χ0) is 17.7. The Balaban J connectivity index is 1.93. The van der Waals surface area contributed by atoms with Crippen molar-refractivity contribution in [3.63, 3.8) is 0 Å². The molecule has 0 aliphatic heterocycles. The number of aryl methyl sites for hydroxylation is 2. The summed E-state index contributed by atoms with van der Waals surface area (Å²) >= 11 is 0. The van der Waals surface area contributed by atoms with Crippen LogP contribution in [0, 0.1) is 13.8 Å². The summed E-state index contributed by atoms with van der Waals surface area (Å²) in [5, 5.41) is 11.7. The van der Waals surface area contributed by atoms with Crippen molar-refractivity contribution in [3.05, 3.63) is 58.9 Å². The molecule has 0 aliphatic rings. The minimum Gasteiger partial charge on any atom is -0.489 e. The fraction of sp³-hybridized carbons (Fsp3) is 0.278. The highest BCUT2D eigenvalue weighted by Gasteiger charge is 2.14. The van der Waals surface area contributed by atoms with E-state index in [0.29, 0.717) is 12.2 Å². The topological polar surface area (TPSA) is 88.5 Å². The molecule has 0 fully saturated rings. The molecular formula is C18H20N2O4. The van der Waals surface area contributed by atoms with Gasteiger partial charge in [0.15, 0.2) is 0 Å². The molecule has 24 heavy (non-hydrogen) atoms. The second-order valence-electron chi connectivity index (χ2n) is 5.59. The lowest BCUT2D eigenvalue weighted by atomic mass is 10.2. The van der Waals surface area contributed by atoms with E-state index in [1.165, 1.54) is 12.1 Å². The highest BCUT2D eigenvalue weighted by atomic mass is 16.5. The van der Waals surface area contributed by atoms with E-state index in [4.69, 9.17) is 9.84 Å². The van der Waals surface area contributed by atoms with Gasteiger partial charge in [0.25, 0.3) is 5.91 Å². The van der Waals surface area contributed by atoms with Gasteiger partial charge in [-0.05, 0) is 50.6 Å². The molecule has 0 aliphatic carbocycles. The molecule has 1 aromatic carbocycles. The fourth-order valence-corrected chi connectivity index (χ4v) is 2.20. The molecule has 6 nitrogen and oxygen atoms in total. The molecule has 1 unspecified atom stereocenters. The summed E-state index contributed by atoms with van der Waals surface area (Å²) in [6.07, 6.45) is -0.213. The summed E-state index contributed by atoms with van der Waals surface area (Å²) in [6.45, 7) is 5.71. The van der Waals surface area contributed by atoms with Crippen LogP contribution in [0.25, 0.3) is 0 Å². The van der Waals surface area contributed by atoms with Gasteiger partial charge in [0.05, 0.1) is 17.8 Å². The first-order valence-corrected chi connectivity index (χ1v) is 7.59. The van der Waals surface area contributed by atoms with E-state index in [1.54, 1.807) is 6.92 Å². The SMILES string of the molecule is Cc1cccc(OC(C)CNC(=O)c2ccc(C(=O)O)c(C)n2)c1. The third-order valence-electron chi connectivity index (χ3n) is 3.43. The highest BCUT2D eigenvalue weighted by molar-refractivity contribution is 5.94. The Morgan fingerprint density at radius 1 is 1.25 bits per heavy atom. The van der Waals surface area contributed by atoms with E-state index >= 15 is 0 Å². The summed E-state index contributed by atoms with van der Waals surface area (Å²) < 4.78 is 5.74. The van der Waals surface area contributed by atoms with Crippen LogP contribution >= 0.6 is 0 Å². The molecule has 2 N–H and O–H groups in total. The first kappa shape index (κ1) is 17.5. The molecule has 0 radical (unpaired) electrons. The van der Waals surface area contributed by atoms with Crippen molar-refractivity contribution in [3.8, 4) is 5.75 Å². The number of hydrogen-bond donors (Lipinski definition) is 2. The number of benzene rings is 1. The van der Waals surface area contributed by atoms with Crippen molar-refractivity contribution >= 4 is 11.9 Å². The Morgan fingerprint density at radius 2 is 2.00 bits per heavy atom. The number of nitrogens with zero attached hydrogens (tertiary/aromatic N) is 1. The fourth-order valence-electron chi connectivity index (χ4n) is 2.20. The number of aromatic carboxylic acids is 1. The van der Waals surface area contributed by atoms with Crippen molar-refractivity contribution in [2.75, 3.05) is 6.54 Å². The molecule has 1 amide bonds. The molecule has 0 bridgehead atoms. The average Bonchev–Trinajstić information content (AvgIpc) is 2.52. The first-order chi connectivity index (χ1) is 11.4. The molecule has 126 valence electrons. The predicted octanol–water partition coefficient (Wildman–Crippen LogP) is 2.59. The lowest BCUT2D eigenvalue weighted by Gasteiger charge is -2.16. The quantitative estimate of drug-likeness (QED) is 0.851. The van der Waals surface area contributed by atoms with Crippen LogP contribution in [0.1, 0.15) is 39.0 Å². The molecule has 0 saturated heterocycles.